The second-order valence-electron chi connectivity index (χ2n) is 2.22. The van der Waals surface area contributed by atoms with Crippen LogP contribution in [-0.2, 0) is 0 Å². The number of nitrogens with two attached hydrogens (primary N) is 2. The first kappa shape index (κ1) is 8.27. The number of anilines is 2. The van der Waals surface area contributed by atoms with Gasteiger partial charge in [-0.25, -0.2) is 0 Å². The van der Waals surface area contributed by atoms with Crippen molar-refractivity contribution in [3.8, 4) is 0 Å². The summed E-state index contributed by atoms with van der Waals surface area (Å²) in [5.74, 6) is 1.06. The Morgan fingerprint density at radius 1 is 1.27 bits per heavy atom. The number of hydrogen-bond acceptors (Lipinski definition) is 3. The SMILES string of the molecule is CCSc1ccc(N)c(N)c1. The molecule has 2 nitrogen and oxygen atoms in total. The zero-order chi connectivity index (χ0) is 8.27. The summed E-state index contributed by atoms with van der Waals surface area (Å²) in [5, 5.41) is 0. The lowest BCUT2D eigenvalue weighted by Crippen LogP contribution is -1.93. The van der Waals surface area contributed by atoms with E-state index >= 15 is 0 Å². The highest BCUT2D eigenvalue weighted by molar-refractivity contribution is 7.99. The third-order valence-electron chi connectivity index (χ3n) is 1.37. The molecule has 0 aromatic heterocycles. The summed E-state index contributed by atoms with van der Waals surface area (Å²) in [4.78, 5) is 1.18. The van der Waals surface area contributed by atoms with E-state index in [9.17, 15) is 0 Å². The van der Waals surface area contributed by atoms with Crippen LogP contribution in [0.3, 0.4) is 0 Å². The molecule has 60 valence electrons. The molecule has 0 saturated carbocycles. The van der Waals surface area contributed by atoms with Gasteiger partial charge in [0.15, 0.2) is 0 Å². The van der Waals surface area contributed by atoms with Crippen molar-refractivity contribution < 1.29 is 0 Å². The second kappa shape index (κ2) is 3.53. The lowest BCUT2D eigenvalue weighted by Gasteiger charge is -2.02. The molecule has 0 spiro atoms. The van der Waals surface area contributed by atoms with Crippen molar-refractivity contribution in [2.24, 2.45) is 0 Å². The molecule has 0 bridgehead atoms. The quantitative estimate of drug-likeness (QED) is 0.524. The van der Waals surface area contributed by atoms with Crippen molar-refractivity contribution in [3.05, 3.63) is 18.2 Å². The molecular formula is C8H12N2S. The van der Waals surface area contributed by atoms with Gasteiger partial charge in [0.1, 0.15) is 0 Å². The van der Waals surface area contributed by atoms with Crippen LogP contribution in [0.2, 0.25) is 0 Å². The predicted molar refractivity (Wildman–Crippen MR) is 51.7 cm³/mol. The molecule has 0 atom stereocenters. The Labute approximate surface area is 71.0 Å². The first-order chi connectivity index (χ1) is 5.24. The highest BCUT2D eigenvalue weighted by atomic mass is 32.2. The van der Waals surface area contributed by atoms with Crippen molar-refractivity contribution in [2.45, 2.75) is 11.8 Å². The van der Waals surface area contributed by atoms with Crippen molar-refractivity contribution in [3.63, 3.8) is 0 Å². The molecule has 0 unspecified atom stereocenters. The third-order valence-corrected chi connectivity index (χ3v) is 2.25. The second-order valence-corrected chi connectivity index (χ2v) is 3.56. The van der Waals surface area contributed by atoms with E-state index in [2.05, 4.69) is 6.92 Å². The van der Waals surface area contributed by atoms with Gasteiger partial charge in [0, 0.05) is 4.90 Å². The lowest BCUT2D eigenvalue weighted by molar-refractivity contribution is 1.43. The highest BCUT2D eigenvalue weighted by Gasteiger charge is 1.95. The van der Waals surface area contributed by atoms with Gasteiger partial charge >= 0.3 is 0 Å². The maximum Gasteiger partial charge on any atom is 0.0559 e. The Bertz CT molecular complexity index is 248. The molecule has 0 aliphatic carbocycles. The summed E-state index contributed by atoms with van der Waals surface area (Å²) < 4.78 is 0. The van der Waals surface area contributed by atoms with E-state index in [1.807, 2.05) is 18.2 Å². The molecule has 0 saturated heterocycles. The third kappa shape index (κ3) is 2.05. The van der Waals surface area contributed by atoms with Crippen LogP contribution >= 0.6 is 11.8 Å². The van der Waals surface area contributed by atoms with Gasteiger partial charge in [0.2, 0.25) is 0 Å². The summed E-state index contributed by atoms with van der Waals surface area (Å²) in [6.45, 7) is 2.11. The van der Waals surface area contributed by atoms with Crippen LogP contribution in [0.1, 0.15) is 6.92 Å². The van der Waals surface area contributed by atoms with Gasteiger partial charge in [-0.2, -0.15) is 0 Å². The fraction of sp³-hybridized carbons (Fsp3) is 0.250. The number of hydrogen-bond donors (Lipinski definition) is 2. The molecule has 0 fully saturated rings. The summed E-state index contributed by atoms with van der Waals surface area (Å²) in [7, 11) is 0. The summed E-state index contributed by atoms with van der Waals surface area (Å²) in [6, 6.07) is 5.73. The fourth-order valence-electron chi connectivity index (χ4n) is 0.809. The molecule has 4 N–H and O–H groups in total. The minimum atomic E-state index is 0.658. The van der Waals surface area contributed by atoms with Crippen molar-refractivity contribution in [2.75, 3.05) is 17.2 Å². The van der Waals surface area contributed by atoms with Gasteiger partial charge in [-0.1, -0.05) is 6.92 Å². The number of benzene rings is 1. The van der Waals surface area contributed by atoms with Crippen LogP contribution in [-0.4, -0.2) is 5.75 Å². The molecule has 1 rings (SSSR count). The maximum absolute atomic E-state index is 5.61. The Hall–Kier alpha value is -0.830. The van der Waals surface area contributed by atoms with Crippen LogP contribution in [0.25, 0.3) is 0 Å². The first-order valence-electron chi connectivity index (χ1n) is 3.52. The Kier molecular flexibility index (Phi) is 2.65. The number of rotatable bonds is 2. The maximum atomic E-state index is 5.61. The van der Waals surface area contributed by atoms with Gasteiger partial charge in [-0.05, 0) is 24.0 Å². The molecule has 3 heteroatoms. The van der Waals surface area contributed by atoms with Crippen molar-refractivity contribution >= 4 is 23.1 Å². The predicted octanol–water partition coefficient (Wildman–Crippen LogP) is 1.96. The van der Waals surface area contributed by atoms with Crippen LogP contribution in [0.15, 0.2) is 23.1 Å². The van der Waals surface area contributed by atoms with Gasteiger partial charge in [-0.15, -0.1) is 11.8 Å². The Morgan fingerprint density at radius 2 is 2.00 bits per heavy atom. The Morgan fingerprint density at radius 3 is 2.55 bits per heavy atom. The molecule has 0 heterocycles. The first-order valence-corrected chi connectivity index (χ1v) is 4.50. The molecule has 1 aromatic rings. The minimum Gasteiger partial charge on any atom is -0.397 e. The summed E-state index contributed by atoms with van der Waals surface area (Å²) in [5.41, 5.74) is 12.5. The molecule has 0 radical (unpaired) electrons. The fourth-order valence-corrected chi connectivity index (χ4v) is 1.52. The molecule has 0 aliphatic heterocycles. The molecule has 0 aliphatic rings. The van der Waals surface area contributed by atoms with Gasteiger partial charge in [0.25, 0.3) is 0 Å². The van der Waals surface area contributed by atoms with Crippen LogP contribution in [0, 0.1) is 0 Å². The van der Waals surface area contributed by atoms with E-state index in [1.54, 1.807) is 11.8 Å². The zero-order valence-electron chi connectivity index (χ0n) is 6.50. The van der Waals surface area contributed by atoms with Crippen molar-refractivity contribution in [1.29, 1.82) is 0 Å². The van der Waals surface area contributed by atoms with Gasteiger partial charge < -0.3 is 11.5 Å². The van der Waals surface area contributed by atoms with E-state index < -0.39 is 0 Å². The smallest absolute Gasteiger partial charge is 0.0559 e. The highest BCUT2D eigenvalue weighted by Crippen LogP contribution is 2.23. The average molecular weight is 168 g/mol. The summed E-state index contributed by atoms with van der Waals surface area (Å²) >= 11 is 1.76. The lowest BCUT2D eigenvalue weighted by atomic mass is 10.3. The number of thioether (sulfide) groups is 1. The normalized spacial score (nSPS) is 9.91. The van der Waals surface area contributed by atoms with E-state index in [-0.39, 0.29) is 0 Å². The van der Waals surface area contributed by atoms with E-state index in [1.165, 1.54) is 4.90 Å². The molecular weight excluding hydrogens is 156 g/mol. The molecule has 0 amide bonds. The molecule has 1 aromatic carbocycles. The monoisotopic (exact) mass is 168 g/mol. The zero-order valence-corrected chi connectivity index (χ0v) is 7.32. The standard InChI is InChI=1S/C8H12N2S/c1-2-11-6-3-4-7(9)8(10)5-6/h3-5H,2,9-10H2,1H3. The number of nitrogen functional groups attached to an aromatic ring is 2. The molecule has 11 heavy (non-hydrogen) atoms. The van der Waals surface area contributed by atoms with Crippen LogP contribution < -0.4 is 11.5 Å². The van der Waals surface area contributed by atoms with Gasteiger partial charge in [0.05, 0.1) is 11.4 Å². The topological polar surface area (TPSA) is 52.0 Å². The average Bonchev–Trinajstić information content (AvgIpc) is 1.98. The minimum absolute atomic E-state index is 0.658. The van der Waals surface area contributed by atoms with Gasteiger partial charge in [-0.3, -0.25) is 0 Å². The van der Waals surface area contributed by atoms with E-state index in [0.717, 1.165) is 5.75 Å². The Balaban J connectivity index is 2.86. The van der Waals surface area contributed by atoms with Crippen molar-refractivity contribution in [1.82, 2.24) is 0 Å². The van der Waals surface area contributed by atoms with E-state index in [4.69, 9.17) is 11.5 Å². The van der Waals surface area contributed by atoms with E-state index in [0.29, 0.717) is 11.4 Å². The van der Waals surface area contributed by atoms with Crippen LogP contribution in [0.4, 0.5) is 11.4 Å². The van der Waals surface area contributed by atoms with Crippen LogP contribution in [0.5, 0.6) is 0 Å². The largest absolute Gasteiger partial charge is 0.397 e. The summed E-state index contributed by atoms with van der Waals surface area (Å²) in [6.07, 6.45) is 0.